The van der Waals surface area contributed by atoms with E-state index in [9.17, 15) is 4.79 Å². The van der Waals surface area contributed by atoms with Crippen molar-refractivity contribution in [1.29, 1.82) is 0 Å². The molecule has 0 aromatic heterocycles. The lowest BCUT2D eigenvalue weighted by Crippen LogP contribution is -2.47. The fourth-order valence-corrected chi connectivity index (χ4v) is 1.35. The predicted molar refractivity (Wildman–Crippen MR) is 49.8 cm³/mol. The van der Waals surface area contributed by atoms with Crippen molar-refractivity contribution < 1.29 is 15.0 Å². The van der Waals surface area contributed by atoms with Crippen LogP contribution in [0.25, 0.3) is 0 Å². The topological polar surface area (TPSA) is 83.5 Å². The van der Waals surface area contributed by atoms with Crippen LogP contribution in [0.4, 0.5) is 0 Å². The maximum absolute atomic E-state index is 11.2. The molecule has 0 aliphatic rings. The van der Waals surface area contributed by atoms with Gasteiger partial charge in [0.05, 0.1) is 5.41 Å². The number of hydrogen-bond acceptors (Lipinski definition) is 3. The third-order valence-electron chi connectivity index (χ3n) is 3.13. The summed E-state index contributed by atoms with van der Waals surface area (Å²) in [6, 6.07) is 0. The van der Waals surface area contributed by atoms with E-state index >= 15 is 0 Å². The molecule has 2 unspecified atom stereocenters. The Morgan fingerprint density at radius 2 is 1.62 bits per heavy atom. The Bertz CT molecular complexity index is 172. The standard InChI is InChI=1S/C9H19NO3/c1-6(4-11)9(3,8(10)13)7(2)5-12/h6-7,11-12H,4-5H2,1-3H3,(H2,10,13). The number of aliphatic hydroxyl groups is 2. The zero-order valence-corrected chi connectivity index (χ0v) is 8.45. The molecule has 13 heavy (non-hydrogen) atoms. The first-order valence-corrected chi connectivity index (χ1v) is 4.42. The van der Waals surface area contributed by atoms with Crippen LogP contribution >= 0.6 is 0 Å². The van der Waals surface area contributed by atoms with Crippen molar-refractivity contribution in [2.45, 2.75) is 20.8 Å². The third kappa shape index (κ3) is 2.19. The third-order valence-corrected chi connectivity index (χ3v) is 3.13. The number of rotatable bonds is 5. The summed E-state index contributed by atoms with van der Waals surface area (Å²) >= 11 is 0. The number of aliphatic hydroxyl groups excluding tert-OH is 2. The predicted octanol–water partition coefficient (Wildman–Crippen LogP) is -0.265. The molecule has 0 saturated heterocycles. The Morgan fingerprint density at radius 3 is 1.77 bits per heavy atom. The van der Waals surface area contributed by atoms with Crippen LogP contribution in [-0.2, 0) is 4.79 Å². The molecule has 0 spiro atoms. The zero-order valence-electron chi connectivity index (χ0n) is 8.45. The van der Waals surface area contributed by atoms with E-state index in [1.54, 1.807) is 20.8 Å². The molecular formula is C9H19NO3. The fraction of sp³-hybridized carbons (Fsp3) is 0.889. The number of hydrogen-bond donors (Lipinski definition) is 3. The highest BCUT2D eigenvalue weighted by atomic mass is 16.3. The van der Waals surface area contributed by atoms with Gasteiger partial charge in [-0.15, -0.1) is 0 Å². The van der Waals surface area contributed by atoms with Crippen LogP contribution in [0.1, 0.15) is 20.8 Å². The van der Waals surface area contributed by atoms with Gasteiger partial charge in [0.2, 0.25) is 5.91 Å². The van der Waals surface area contributed by atoms with Crippen LogP contribution in [-0.4, -0.2) is 29.3 Å². The Hall–Kier alpha value is -0.610. The van der Waals surface area contributed by atoms with E-state index in [1.165, 1.54) is 0 Å². The molecule has 0 heterocycles. The van der Waals surface area contributed by atoms with Crippen molar-refractivity contribution >= 4 is 5.91 Å². The van der Waals surface area contributed by atoms with E-state index in [1.807, 2.05) is 0 Å². The first kappa shape index (κ1) is 12.4. The second-order valence-electron chi connectivity index (χ2n) is 3.81. The van der Waals surface area contributed by atoms with Crippen molar-refractivity contribution in [3.05, 3.63) is 0 Å². The summed E-state index contributed by atoms with van der Waals surface area (Å²) in [6.07, 6.45) is 0. The molecule has 4 N–H and O–H groups in total. The molecule has 0 aliphatic heterocycles. The first-order chi connectivity index (χ1) is 5.91. The van der Waals surface area contributed by atoms with Gasteiger partial charge in [-0.2, -0.15) is 0 Å². The maximum Gasteiger partial charge on any atom is 0.224 e. The summed E-state index contributed by atoms with van der Waals surface area (Å²) in [7, 11) is 0. The summed E-state index contributed by atoms with van der Waals surface area (Å²) < 4.78 is 0. The van der Waals surface area contributed by atoms with E-state index in [-0.39, 0.29) is 25.0 Å². The molecule has 0 aromatic rings. The summed E-state index contributed by atoms with van der Waals surface area (Å²) in [5, 5.41) is 17.9. The SMILES string of the molecule is CC(CO)C(C)(C(N)=O)C(C)CO. The Balaban J connectivity index is 4.82. The van der Waals surface area contributed by atoms with Crippen molar-refractivity contribution in [2.24, 2.45) is 23.0 Å². The molecule has 0 bridgehead atoms. The Morgan fingerprint density at radius 1 is 1.31 bits per heavy atom. The highest BCUT2D eigenvalue weighted by Gasteiger charge is 2.41. The minimum atomic E-state index is -0.844. The highest BCUT2D eigenvalue weighted by Crippen LogP contribution is 2.34. The molecule has 2 atom stereocenters. The van der Waals surface area contributed by atoms with Gasteiger partial charge in [-0.1, -0.05) is 20.8 Å². The smallest absolute Gasteiger partial charge is 0.224 e. The van der Waals surface area contributed by atoms with Gasteiger partial charge < -0.3 is 15.9 Å². The van der Waals surface area contributed by atoms with Crippen LogP contribution in [0.3, 0.4) is 0 Å². The van der Waals surface area contributed by atoms with Gasteiger partial charge >= 0.3 is 0 Å². The lowest BCUT2D eigenvalue weighted by Gasteiger charge is -2.36. The molecule has 0 saturated carbocycles. The first-order valence-electron chi connectivity index (χ1n) is 4.42. The highest BCUT2D eigenvalue weighted by molar-refractivity contribution is 5.81. The second-order valence-corrected chi connectivity index (χ2v) is 3.81. The van der Waals surface area contributed by atoms with Crippen molar-refractivity contribution in [3.8, 4) is 0 Å². The van der Waals surface area contributed by atoms with Crippen LogP contribution in [0.5, 0.6) is 0 Å². The average Bonchev–Trinajstić information content (AvgIpc) is 2.13. The Kier molecular flexibility index (Phi) is 4.36. The van der Waals surface area contributed by atoms with Gasteiger partial charge in [-0.05, 0) is 11.8 Å². The fourth-order valence-electron chi connectivity index (χ4n) is 1.35. The lowest BCUT2D eigenvalue weighted by atomic mass is 9.69. The van der Waals surface area contributed by atoms with Gasteiger partial charge in [-0.3, -0.25) is 4.79 Å². The van der Waals surface area contributed by atoms with E-state index in [0.29, 0.717) is 0 Å². The summed E-state index contributed by atoms with van der Waals surface area (Å²) in [5.41, 5.74) is 4.42. The van der Waals surface area contributed by atoms with E-state index < -0.39 is 11.3 Å². The normalized spacial score (nSPS) is 20.4. The van der Waals surface area contributed by atoms with E-state index in [4.69, 9.17) is 15.9 Å². The molecule has 0 radical (unpaired) electrons. The monoisotopic (exact) mass is 189 g/mol. The molecule has 0 fully saturated rings. The van der Waals surface area contributed by atoms with Gasteiger partial charge in [0.15, 0.2) is 0 Å². The summed E-state index contributed by atoms with van der Waals surface area (Å²) in [4.78, 5) is 11.2. The minimum absolute atomic E-state index is 0.107. The van der Waals surface area contributed by atoms with E-state index in [0.717, 1.165) is 0 Å². The number of nitrogens with two attached hydrogens (primary N) is 1. The number of amides is 1. The lowest BCUT2D eigenvalue weighted by molar-refractivity contribution is -0.135. The number of carbonyl (C=O) groups excluding carboxylic acids is 1. The average molecular weight is 189 g/mol. The van der Waals surface area contributed by atoms with Gasteiger partial charge in [0.25, 0.3) is 0 Å². The second kappa shape index (κ2) is 4.58. The Labute approximate surface area is 78.7 Å². The molecule has 1 amide bonds. The molecule has 0 aromatic carbocycles. The van der Waals surface area contributed by atoms with Gasteiger partial charge in [0.1, 0.15) is 0 Å². The van der Waals surface area contributed by atoms with Crippen LogP contribution in [0, 0.1) is 17.3 Å². The van der Waals surface area contributed by atoms with Gasteiger partial charge in [-0.25, -0.2) is 0 Å². The molecule has 0 rings (SSSR count). The van der Waals surface area contributed by atoms with Crippen molar-refractivity contribution in [1.82, 2.24) is 0 Å². The van der Waals surface area contributed by atoms with E-state index in [2.05, 4.69) is 0 Å². The minimum Gasteiger partial charge on any atom is -0.396 e. The number of primary amides is 1. The van der Waals surface area contributed by atoms with Crippen LogP contribution in [0.2, 0.25) is 0 Å². The van der Waals surface area contributed by atoms with Gasteiger partial charge in [0, 0.05) is 13.2 Å². The maximum atomic E-state index is 11.2. The molecular weight excluding hydrogens is 170 g/mol. The quantitative estimate of drug-likeness (QED) is 0.557. The van der Waals surface area contributed by atoms with Crippen LogP contribution < -0.4 is 5.73 Å². The van der Waals surface area contributed by atoms with Crippen molar-refractivity contribution in [3.63, 3.8) is 0 Å². The largest absolute Gasteiger partial charge is 0.396 e. The molecule has 4 heteroatoms. The molecule has 4 nitrogen and oxygen atoms in total. The molecule has 0 aliphatic carbocycles. The summed E-state index contributed by atoms with van der Waals surface area (Å²) in [6.45, 7) is 4.96. The zero-order chi connectivity index (χ0) is 10.6. The number of carbonyl (C=O) groups is 1. The molecule has 78 valence electrons. The van der Waals surface area contributed by atoms with Crippen molar-refractivity contribution in [2.75, 3.05) is 13.2 Å². The summed E-state index contributed by atoms with van der Waals surface area (Å²) in [5.74, 6) is -0.963. The van der Waals surface area contributed by atoms with Crippen LogP contribution in [0.15, 0.2) is 0 Å².